The highest BCUT2D eigenvalue weighted by Crippen LogP contribution is 2.41. The van der Waals surface area contributed by atoms with Crippen LogP contribution in [0.1, 0.15) is 40.2 Å². The summed E-state index contributed by atoms with van der Waals surface area (Å²) in [5.41, 5.74) is 2.32. The lowest BCUT2D eigenvalue weighted by atomic mass is 9.86. The van der Waals surface area contributed by atoms with Gasteiger partial charge in [0, 0.05) is 42.6 Å². The number of carbonyl (C=O) groups excluding carboxylic acids is 1. The Morgan fingerprint density at radius 3 is 2.77 bits per heavy atom. The monoisotopic (exact) mass is 429 g/mol. The number of ether oxygens (including phenoxy) is 1. The van der Waals surface area contributed by atoms with E-state index in [0.29, 0.717) is 29.5 Å². The van der Waals surface area contributed by atoms with E-state index in [0.717, 1.165) is 50.4 Å². The van der Waals surface area contributed by atoms with Crippen LogP contribution >= 0.6 is 12.4 Å². The number of hydrogen-bond acceptors (Lipinski definition) is 4. The lowest BCUT2D eigenvalue weighted by Crippen LogP contribution is -2.27. The van der Waals surface area contributed by atoms with Gasteiger partial charge in [0.2, 0.25) is 0 Å². The van der Waals surface area contributed by atoms with E-state index in [1.165, 1.54) is 24.3 Å². The summed E-state index contributed by atoms with van der Waals surface area (Å²) in [7, 11) is 0. The van der Waals surface area contributed by atoms with E-state index < -0.39 is 0 Å². The summed E-state index contributed by atoms with van der Waals surface area (Å²) in [6, 6.07) is 13.5. The van der Waals surface area contributed by atoms with Crippen molar-refractivity contribution >= 4 is 18.3 Å². The quantitative estimate of drug-likeness (QED) is 0.710. The third-order valence-corrected chi connectivity index (χ3v) is 5.80. The minimum absolute atomic E-state index is 0. The average Bonchev–Trinajstić information content (AvgIpc) is 3.17. The highest BCUT2D eigenvalue weighted by atomic mass is 35.5. The smallest absolute Gasteiger partial charge is 0.251 e. The molecule has 2 unspecified atom stereocenters. The predicted molar refractivity (Wildman–Crippen MR) is 115 cm³/mol. The summed E-state index contributed by atoms with van der Waals surface area (Å²) in [6.07, 6.45) is 1.89. The van der Waals surface area contributed by atoms with E-state index >= 15 is 0 Å². The Bertz CT molecular complexity index is 929. The zero-order valence-electron chi connectivity index (χ0n) is 16.6. The highest BCUT2D eigenvalue weighted by molar-refractivity contribution is 5.94. The van der Waals surface area contributed by atoms with Crippen LogP contribution in [-0.4, -0.2) is 43.6 Å². The third kappa shape index (κ3) is 4.92. The van der Waals surface area contributed by atoms with Gasteiger partial charge >= 0.3 is 0 Å². The van der Waals surface area contributed by atoms with Gasteiger partial charge in [0.25, 0.3) is 5.91 Å². The summed E-state index contributed by atoms with van der Waals surface area (Å²) in [4.78, 5) is 14.5. The molecular weight excluding hydrogens is 405 g/mol. The van der Waals surface area contributed by atoms with Crippen molar-refractivity contribution in [2.75, 3.05) is 32.8 Å². The van der Waals surface area contributed by atoms with E-state index in [4.69, 9.17) is 4.74 Å². The van der Waals surface area contributed by atoms with Gasteiger partial charge in [-0.1, -0.05) is 0 Å². The maximum atomic E-state index is 12.9. The van der Waals surface area contributed by atoms with E-state index in [1.807, 2.05) is 18.2 Å². The van der Waals surface area contributed by atoms with Crippen molar-refractivity contribution in [1.82, 2.24) is 10.2 Å². The van der Waals surface area contributed by atoms with Crippen molar-refractivity contribution in [1.29, 1.82) is 5.26 Å². The molecule has 1 amide bonds. The first-order valence-electron chi connectivity index (χ1n) is 10.1. The van der Waals surface area contributed by atoms with E-state index in [2.05, 4.69) is 16.3 Å². The van der Waals surface area contributed by atoms with Crippen LogP contribution in [0.4, 0.5) is 4.39 Å². The van der Waals surface area contributed by atoms with Gasteiger partial charge in [-0.15, -0.1) is 12.4 Å². The lowest BCUT2D eigenvalue weighted by Gasteiger charge is -2.27. The number of likely N-dealkylation sites (tertiary alicyclic amines) is 1. The minimum Gasteiger partial charge on any atom is -0.493 e. The molecule has 30 heavy (non-hydrogen) atoms. The van der Waals surface area contributed by atoms with Gasteiger partial charge in [-0.25, -0.2) is 4.39 Å². The second-order valence-electron chi connectivity index (χ2n) is 7.77. The Labute approximate surface area is 182 Å². The van der Waals surface area contributed by atoms with Gasteiger partial charge in [-0.05, 0) is 61.9 Å². The molecule has 0 saturated carbocycles. The molecule has 2 aliphatic heterocycles. The molecule has 2 aromatic rings. The van der Waals surface area contributed by atoms with Crippen LogP contribution in [0, 0.1) is 23.1 Å². The second kappa shape index (κ2) is 9.92. The molecule has 5 nitrogen and oxygen atoms in total. The molecule has 0 radical (unpaired) electrons. The summed E-state index contributed by atoms with van der Waals surface area (Å²) in [5, 5.41) is 12.1. The fourth-order valence-corrected chi connectivity index (χ4v) is 4.27. The molecule has 0 aromatic heterocycles. The van der Waals surface area contributed by atoms with E-state index in [1.54, 1.807) is 0 Å². The molecule has 1 fully saturated rings. The number of amides is 1. The van der Waals surface area contributed by atoms with E-state index in [-0.39, 0.29) is 24.1 Å². The number of nitriles is 1. The maximum absolute atomic E-state index is 12.9. The van der Waals surface area contributed by atoms with Gasteiger partial charge in [0.1, 0.15) is 11.6 Å². The number of benzene rings is 2. The summed E-state index contributed by atoms with van der Waals surface area (Å²) in [5.74, 6) is 1.29. The van der Waals surface area contributed by atoms with Gasteiger partial charge in [-0.2, -0.15) is 5.26 Å². The molecule has 0 spiro atoms. The summed E-state index contributed by atoms with van der Waals surface area (Å²) < 4.78 is 18.8. The molecular formula is C23H25ClFN3O2. The van der Waals surface area contributed by atoms with Crippen molar-refractivity contribution in [2.24, 2.45) is 5.92 Å². The zero-order chi connectivity index (χ0) is 20.2. The predicted octanol–water partition coefficient (Wildman–Crippen LogP) is 3.74. The molecule has 0 aliphatic carbocycles. The number of unbranched alkanes of at least 4 members (excludes halogenated alkanes) is 1. The molecule has 2 aromatic carbocycles. The first-order chi connectivity index (χ1) is 14.1. The standard InChI is InChI=1S/C23H24FN3O2.ClH/c24-19-6-4-17(5-7-19)23(28)26-9-1-2-10-27-13-18-15-29-22-8-3-16(12-25)11-20(22)21(18)14-27;/h3-8,11,18,21H,1-2,9-10,13-15H2,(H,26,28);1H. The fourth-order valence-electron chi connectivity index (χ4n) is 4.27. The molecule has 7 heteroatoms. The number of halogens is 2. The zero-order valence-corrected chi connectivity index (χ0v) is 17.5. The van der Waals surface area contributed by atoms with Crippen LogP contribution in [0.5, 0.6) is 5.75 Å². The summed E-state index contributed by atoms with van der Waals surface area (Å²) >= 11 is 0. The third-order valence-electron chi connectivity index (χ3n) is 5.80. The Kier molecular flexibility index (Phi) is 7.30. The highest BCUT2D eigenvalue weighted by Gasteiger charge is 2.38. The summed E-state index contributed by atoms with van der Waals surface area (Å²) in [6.45, 7) is 4.30. The SMILES string of the molecule is Cl.N#Cc1ccc2c(c1)C1CN(CCCCNC(=O)c3ccc(F)cc3)CC1CO2. The topological polar surface area (TPSA) is 65.4 Å². The maximum Gasteiger partial charge on any atom is 0.251 e. The van der Waals surface area contributed by atoms with Crippen LogP contribution < -0.4 is 10.1 Å². The number of rotatable bonds is 6. The van der Waals surface area contributed by atoms with Crippen LogP contribution in [0.2, 0.25) is 0 Å². The van der Waals surface area contributed by atoms with E-state index in [9.17, 15) is 14.4 Å². The Morgan fingerprint density at radius 1 is 1.20 bits per heavy atom. The Morgan fingerprint density at radius 2 is 2.00 bits per heavy atom. The van der Waals surface area contributed by atoms with Crippen LogP contribution in [0.15, 0.2) is 42.5 Å². The number of nitrogens with zero attached hydrogens (tertiary/aromatic N) is 2. The van der Waals surface area contributed by atoms with Crippen molar-refractivity contribution in [3.8, 4) is 11.8 Å². The van der Waals surface area contributed by atoms with Gasteiger partial charge in [-0.3, -0.25) is 4.79 Å². The van der Waals surface area contributed by atoms with Crippen molar-refractivity contribution in [3.63, 3.8) is 0 Å². The van der Waals surface area contributed by atoms with Gasteiger partial charge in [0.05, 0.1) is 18.2 Å². The number of fused-ring (bicyclic) bond motifs is 3. The average molecular weight is 430 g/mol. The van der Waals surface area contributed by atoms with Crippen molar-refractivity contribution in [3.05, 3.63) is 65.0 Å². The van der Waals surface area contributed by atoms with Gasteiger partial charge < -0.3 is 15.0 Å². The van der Waals surface area contributed by atoms with Gasteiger partial charge in [0.15, 0.2) is 0 Å². The lowest BCUT2D eigenvalue weighted by molar-refractivity contribution is 0.0952. The number of nitrogens with one attached hydrogen (secondary N) is 1. The first kappa shape index (κ1) is 22.1. The van der Waals surface area contributed by atoms with Crippen LogP contribution in [0.3, 0.4) is 0 Å². The molecule has 2 heterocycles. The Balaban J connectivity index is 0.00000256. The molecule has 1 N–H and O–H groups in total. The molecule has 0 bridgehead atoms. The molecule has 4 rings (SSSR count). The molecule has 2 aliphatic rings. The largest absolute Gasteiger partial charge is 0.493 e. The van der Waals surface area contributed by atoms with Crippen molar-refractivity contribution < 1.29 is 13.9 Å². The molecule has 158 valence electrons. The van der Waals surface area contributed by atoms with Crippen LogP contribution in [-0.2, 0) is 0 Å². The van der Waals surface area contributed by atoms with Crippen LogP contribution in [0.25, 0.3) is 0 Å². The first-order valence-corrected chi connectivity index (χ1v) is 10.1. The second-order valence-corrected chi connectivity index (χ2v) is 7.77. The van der Waals surface area contributed by atoms with Crippen molar-refractivity contribution in [2.45, 2.75) is 18.8 Å². The molecule has 2 atom stereocenters. The Hall–Kier alpha value is -2.62. The fraction of sp³-hybridized carbons (Fsp3) is 0.391. The number of hydrogen-bond donors (Lipinski definition) is 1. The number of carbonyl (C=O) groups is 1. The minimum atomic E-state index is -0.343. The molecule has 1 saturated heterocycles. The normalized spacial score (nSPS) is 19.6.